The summed E-state index contributed by atoms with van der Waals surface area (Å²) in [5.74, 6) is -0.0962. The normalized spacial score (nSPS) is 12.3. The summed E-state index contributed by atoms with van der Waals surface area (Å²) in [6.45, 7) is 0.401. The Kier molecular flexibility index (Phi) is 6.04. The van der Waals surface area contributed by atoms with E-state index in [4.69, 9.17) is 16.3 Å². The van der Waals surface area contributed by atoms with Crippen LogP contribution in [0.25, 0.3) is 10.9 Å². The van der Waals surface area contributed by atoms with Gasteiger partial charge in [0.15, 0.2) is 0 Å². The highest BCUT2D eigenvalue weighted by molar-refractivity contribution is 7.90. The summed E-state index contributed by atoms with van der Waals surface area (Å²) in [7, 11) is -2.25. The lowest BCUT2D eigenvalue weighted by Gasteiger charge is -2.11. The van der Waals surface area contributed by atoms with Crippen LogP contribution >= 0.6 is 11.6 Å². The molecule has 33 heavy (non-hydrogen) atoms. The second-order valence-electron chi connectivity index (χ2n) is 6.96. The molecule has 4 rings (SSSR count). The number of rotatable bonds is 6. The summed E-state index contributed by atoms with van der Waals surface area (Å²) in [5, 5.41) is 3.30. The molecule has 0 spiro atoms. The summed E-state index contributed by atoms with van der Waals surface area (Å²) in [6.07, 6.45) is 0.216. The van der Waals surface area contributed by atoms with Crippen molar-refractivity contribution in [2.75, 3.05) is 7.05 Å². The van der Waals surface area contributed by atoms with Crippen molar-refractivity contribution >= 4 is 32.5 Å². The molecule has 0 aliphatic rings. The average molecular weight is 497 g/mol. The van der Waals surface area contributed by atoms with E-state index in [0.717, 1.165) is 9.54 Å². The number of benzene rings is 1. The van der Waals surface area contributed by atoms with Gasteiger partial charge in [-0.2, -0.15) is 13.2 Å². The van der Waals surface area contributed by atoms with Crippen molar-refractivity contribution in [3.8, 4) is 11.6 Å². The number of ether oxygens (including phenoxy) is 1. The Bertz CT molecular complexity index is 1420. The quantitative estimate of drug-likeness (QED) is 0.410. The minimum atomic E-state index is -4.60. The van der Waals surface area contributed by atoms with E-state index in [1.54, 1.807) is 19.2 Å². The van der Waals surface area contributed by atoms with Crippen LogP contribution in [0.5, 0.6) is 11.6 Å². The molecule has 0 aliphatic carbocycles. The van der Waals surface area contributed by atoms with E-state index in [9.17, 15) is 21.6 Å². The molecule has 1 aromatic carbocycles. The van der Waals surface area contributed by atoms with Gasteiger partial charge in [0.05, 0.1) is 11.1 Å². The van der Waals surface area contributed by atoms with Crippen LogP contribution in [-0.2, 0) is 22.7 Å². The largest absolute Gasteiger partial charge is 0.437 e. The Labute approximate surface area is 191 Å². The van der Waals surface area contributed by atoms with Crippen molar-refractivity contribution in [1.29, 1.82) is 0 Å². The molecular weight excluding hydrogens is 481 g/mol. The zero-order valence-corrected chi connectivity index (χ0v) is 18.5. The van der Waals surface area contributed by atoms with Gasteiger partial charge in [-0.15, -0.1) is 0 Å². The lowest BCUT2D eigenvalue weighted by molar-refractivity contribution is -0.137. The number of alkyl halides is 3. The Morgan fingerprint density at radius 3 is 2.61 bits per heavy atom. The number of hydrogen-bond donors (Lipinski definition) is 1. The number of fused-ring (bicyclic) bond motifs is 1. The molecule has 0 aliphatic heterocycles. The second kappa shape index (κ2) is 8.65. The molecule has 0 unspecified atom stereocenters. The Balaban J connectivity index is 1.79. The van der Waals surface area contributed by atoms with E-state index >= 15 is 0 Å². The van der Waals surface area contributed by atoms with E-state index in [0.29, 0.717) is 29.7 Å². The summed E-state index contributed by atoms with van der Waals surface area (Å²) in [5.41, 5.74) is 0.0188. The molecule has 0 fully saturated rings. The fourth-order valence-corrected chi connectivity index (χ4v) is 4.77. The van der Waals surface area contributed by atoms with Crippen molar-refractivity contribution in [2.45, 2.75) is 17.6 Å². The third-order valence-corrected chi connectivity index (χ3v) is 6.66. The van der Waals surface area contributed by atoms with Gasteiger partial charge in [0, 0.05) is 42.8 Å². The summed E-state index contributed by atoms with van der Waals surface area (Å²) in [4.78, 5) is 7.53. The average Bonchev–Trinajstić information content (AvgIpc) is 3.14. The highest BCUT2D eigenvalue weighted by atomic mass is 35.5. The smallest absolute Gasteiger partial charge is 0.417 e. The van der Waals surface area contributed by atoms with E-state index in [2.05, 4.69) is 15.3 Å². The maximum atomic E-state index is 13.2. The van der Waals surface area contributed by atoms with E-state index < -0.39 is 21.8 Å². The van der Waals surface area contributed by atoms with Crippen molar-refractivity contribution in [1.82, 2.24) is 19.3 Å². The van der Waals surface area contributed by atoms with E-state index in [1.807, 2.05) is 0 Å². The van der Waals surface area contributed by atoms with Gasteiger partial charge in [-0.25, -0.2) is 17.4 Å². The van der Waals surface area contributed by atoms with Gasteiger partial charge in [-0.05, 0) is 42.9 Å². The molecule has 172 valence electrons. The first kappa shape index (κ1) is 23.0. The lowest BCUT2D eigenvalue weighted by Crippen LogP contribution is -2.12. The highest BCUT2D eigenvalue weighted by Crippen LogP contribution is 2.36. The molecule has 3 heterocycles. The summed E-state index contributed by atoms with van der Waals surface area (Å²) in [6, 6.07) is 8.32. The first-order chi connectivity index (χ1) is 15.6. The third kappa shape index (κ3) is 4.52. The number of aromatic nitrogens is 3. The molecule has 0 saturated heterocycles. The zero-order valence-electron chi connectivity index (χ0n) is 17.0. The molecular formula is C21H16ClF3N4O3S. The number of nitrogens with one attached hydrogen (secondary N) is 1. The molecule has 7 nitrogen and oxygen atoms in total. The Hall–Kier alpha value is -3.15. The van der Waals surface area contributed by atoms with E-state index in [1.165, 1.54) is 36.8 Å². The lowest BCUT2D eigenvalue weighted by atomic mass is 10.1. The zero-order chi connectivity index (χ0) is 23.8. The molecule has 0 amide bonds. The van der Waals surface area contributed by atoms with Gasteiger partial charge in [0.2, 0.25) is 5.88 Å². The Morgan fingerprint density at radius 2 is 1.97 bits per heavy atom. The van der Waals surface area contributed by atoms with Gasteiger partial charge >= 0.3 is 6.18 Å². The predicted molar refractivity (Wildman–Crippen MR) is 116 cm³/mol. The molecule has 0 atom stereocenters. The molecule has 4 aromatic rings. The van der Waals surface area contributed by atoms with Crippen LogP contribution in [0.1, 0.15) is 11.1 Å². The highest BCUT2D eigenvalue weighted by Gasteiger charge is 2.32. The first-order valence-corrected chi connectivity index (χ1v) is 11.3. The minimum absolute atomic E-state index is 0.00307. The van der Waals surface area contributed by atoms with Crippen molar-refractivity contribution in [3.05, 3.63) is 77.3 Å². The molecule has 0 radical (unpaired) electrons. The summed E-state index contributed by atoms with van der Waals surface area (Å²) < 4.78 is 71.7. The van der Waals surface area contributed by atoms with Gasteiger partial charge in [-0.3, -0.25) is 4.98 Å². The standard InChI is InChI=1S/C21H16ClF3N4O3S/c1-26-9-13-12-29(33(30,31)16-3-2-6-27-11-16)19-8-15(4-5-17(13)19)32-20-18(22)7-14(10-28-20)21(23,24)25/h2-8,10-12,26H,9H2,1H3. The van der Waals surface area contributed by atoms with Crippen LogP contribution in [0.4, 0.5) is 13.2 Å². The molecule has 3 aromatic heterocycles. The van der Waals surface area contributed by atoms with Crippen molar-refractivity contribution in [3.63, 3.8) is 0 Å². The van der Waals surface area contributed by atoms with Crippen LogP contribution in [0.3, 0.4) is 0 Å². The number of hydrogen-bond acceptors (Lipinski definition) is 6. The van der Waals surface area contributed by atoms with Crippen LogP contribution < -0.4 is 10.1 Å². The van der Waals surface area contributed by atoms with Gasteiger partial charge in [-0.1, -0.05) is 11.6 Å². The number of pyridine rings is 2. The van der Waals surface area contributed by atoms with Gasteiger partial charge < -0.3 is 10.1 Å². The predicted octanol–water partition coefficient (Wildman–Crippen LogP) is 4.85. The van der Waals surface area contributed by atoms with Crippen LogP contribution in [0.15, 0.2) is 66.1 Å². The van der Waals surface area contributed by atoms with E-state index in [-0.39, 0.29) is 21.5 Å². The Morgan fingerprint density at radius 1 is 1.18 bits per heavy atom. The first-order valence-electron chi connectivity index (χ1n) is 9.46. The fourth-order valence-electron chi connectivity index (χ4n) is 3.22. The van der Waals surface area contributed by atoms with Crippen molar-refractivity contribution < 1.29 is 26.3 Å². The van der Waals surface area contributed by atoms with Gasteiger partial charge in [0.1, 0.15) is 15.7 Å². The number of halogens is 4. The SMILES string of the molecule is CNCc1cn(S(=O)(=O)c2cccnc2)c2cc(Oc3ncc(C(F)(F)F)cc3Cl)ccc12. The maximum Gasteiger partial charge on any atom is 0.417 e. The molecule has 12 heteroatoms. The van der Waals surface area contributed by atoms with Crippen molar-refractivity contribution in [2.24, 2.45) is 0 Å². The minimum Gasteiger partial charge on any atom is -0.437 e. The molecule has 0 bridgehead atoms. The third-order valence-electron chi connectivity index (χ3n) is 4.73. The van der Waals surface area contributed by atoms with Crippen LogP contribution in [0.2, 0.25) is 5.02 Å². The van der Waals surface area contributed by atoms with Gasteiger partial charge in [0.25, 0.3) is 10.0 Å². The molecule has 1 N–H and O–H groups in total. The monoisotopic (exact) mass is 496 g/mol. The van der Waals surface area contributed by atoms with Crippen LogP contribution in [0, 0.1) is 0 Å². The second-order valence-corrected chi connectivity index (χ2v) is 9.19. The number of nitrogens with zero attached hydrogens (tertiary/aromatic N) is 3. The maximum absolute atomic E-state index is 13.2. The topological polar surface area (TPSA) is 86.1 Å². The van der Waals surface area contributed by atoms with Crippen LogP contribution in [-0.4, -0.2) is 29.4 Å². The summed E-state index contributed by atoms with van der Waals surface area (Å²) >= 11 is 5.93. The fraction of sp³-hybridized carbons (Fsp3) is 0.143. The molecule has 0 saturated carbocycles.